The van der Waals surface area contributed by atoms with E-state index in [0.29, 0.717) is 29.5 Å². The molecule has 3 atom stereocenters. The maximum absolute atomic E-state index is 13.0. The predicted octanol–water partition coefficient (Wildman–Crippen LogP) is 4.61. The number of anilines is 1. The Bertz CT molecular complexity index is 895. The number of benzene rings is 2. The predicted molar refractivity (Wildman–Crippen MR) is 112 cm³/mol. The van der Waals surface area contributed by atoms with Gasteiger partial charge in [0.15, 0.2) is 9.84 Å². The summed E-state index contributed by atoms with van der Waals surface area (Å²) in [5.41, 5.74) is 1.57. The summed E-state index contributed by atoms with van der Waals surface area (Å²) in [5, 5.41) is 5.20. The summed E-state index contributed by atoms with van der Waals surface area (Å²) < 4.78 is 26.1. The molecule has 1 fully saturated rings. The maximum Gasteiger partial charge on any atom is 0.319 e. The Morgan fingerprint density at radius 1 is 1.00 bits per heavy atom. The van der Waals surface area contributed by atoms with Gasteiger partial charge in [-0.15, -0.1) is 0 Å². The zero-order valence-corrected chi connectivity index (χ0v) is 17.2. The second-order valence-corrected chi connectivity index (χ2v) is 9.96. The molecule has 2 aromatic rings. The third-order valence-corrected chi connectivity index (χ3v) is 7.90. The van der Waals surface area contributed by atoms with Gasteiger partial charge in [-0.25, -0.2) is 13.2 Å². The zero-order chi connectivity index (χ0) is 20.1. The molecular formula is C22H28N2O3S. The number of hydrogen-bond donors (Lipinski definition) is 2. The number of carbonyl (C=O) groups is 1. The van der Waals surface area contributed by atoms with E-state index in [0.717, 1.165) is 18.4 Å². The second kappa shape index (κ2) is 8.78. The average Bonchev–Trinajstić information content (AvgIpc) is 2.69. The van der Waals surface area contributed by atoms with Crippen LogP contribution in [0, 0.1) is 11.8 Å². The minimum atomic E-state index is -3.36. The summed E-state index contributed by atoms with van der Waals surface area (Å²) in [7, 11) is -3.36. The van der Waals surface area contributed by atoms with Gasteiger partial charge in [-0.05, 0) is 54.5 Å². The van der Waals surface area contributed by atoms with Crippen LogP contribution in [0.5, 0.6) is 0 Å². The summed E-state index contributed by atoms with van der Waals surface area (Å²) in [4.78, 5) is 12.4. The molecule has 1 aliphatic rings. The minimum absolute atomic E-state index is 0.169. The first kappa shape index (κ1) is 20.4. The molecule has 28 heavy (non-hydrogen) atoms. The lowest BCUT2D eigenvalue weighted by Crippen LogP contribution is -2.34. The largest absolute Gasteiger partial charge is 0.334 e. The van der Waals surface area contributed by atoms with Crippen molar-refractivity contribution in [1.82, 2.24) is 5.32 Å². The van der Waals surface area contributed by atoms with Gasteiger partial charge in [-0.1, -0.05) is 50.6 Å². The van der Waals surface area contributed by atoms with E-state index >= 15 is 0 Å². The lowest BCUT2D eigenvalue weighted by molar-refractivity contribution is 0.251. The molecule has 0 aliphatic heterocycles. The molecule has 1 saturated carbocycles. The van der Waals surface area contributed by atoms with E-state index in [4.69, 9.17) is 0 Å². The molecule has 2 amide bonds. The summed E-state index contributed by atoms with van der Waals surface area (Å²) in [6.45, 7) is 4.58. The molecule has 0 bridgehead atoms. The van der Waals surface area contributed by atoms with E-state index in [1.54, 1.807) is 24.3 Å². The van der Waals surface area contributed by atoms with Crippen LogP contribution in [0.3, 0.4) is 0 Å². The van der Waals surface area contributed by atoms with Crippen molar-refractivity contribution < 1.29 is 13.2 Å². The van der Waals surface area contributed by atoms with Crippen LogP contribution in [0.15, 0.2) is 59.5 Å². The molecule has 2 aromatic carbocycles. The van der Waals surface area contributed by atoms with Gasteiger partial charge in [0.1, 0.15) is 0 Å². The van der Waals surface area contributed by atoms with E-state index in [1.807, 2.05) is 37.3 Å². The highest BCUT2D eigenvalue weighted by Gasteiger charge is 2.36. The fourth-order valence-electron chi connectivity index (χ4n) is 3.77. The zero-order valence-electron chi connectivity index (χ0n) is 16.4. The monoisotopic (exact) mass is 400 g/mol. The fourth-order valence-corrected chi connectivity index (χ4v) is 5.96. The van der Waals surface area contributed by atoms with Crippen molar-refractivity contribution in [3.8, 4) is 0 Å². The van der Waals surface area contributed by atoms with E-state index in [1.165, 1.54) is 0 Å². The van der Waals surface area contributed by atoms with Crippen LogP contribution in [-0.4, -0.2) is 19.7 Å². The molecule has 0 spiro atoms. The highest BCUT2D eigenvalue weighted by molar-refractivity contribution is 7.92. The van der Waals surface area contributed by atoms with Crippen molar-refractivity contribution in [3.63, 3.8) is 0 Å². The molecule has 0 heterocycles. The van der Waals surface area contributed by atoms with Gasteiger partial charge in [0.2, 0.25) is 0 Å². The fraction of sp³-hybridized carbons (Fsp3) is 0.409. The Labute approximate surface area is 167 Å². The Morgan fingerprint density at radius 2 is 1.68 bits per heavy atom. The lowest BCUT2D eigenvalue weighted by atomic mass is 9.84. The van der Waals surface area contributed by atoms with Crippen LogP contribution >= 0.6 is 0 Å². The van der Waals surface area contributed by atoms with Gasteiger partial charge in [0.25, 0.3) is 0 Å². The third kappa shape index (κ3) is 4.93. The van der Waals surface area contributed by atoms with Crippen LogP contribution in [0.4, 0.5) is 10.5 Å². The summed E-state index contributed by atoms with van der Waals surface area (Å²) >= 11 is 0. The molecule has 2 N–H and O–H groups in total. The Balaban J connectivity index is 1.62. The number of rotatable bonds is 5. The SMILES string of the molecule is CC1CCC(C)C(S(=O)(=O)c2ccc(NC(=O)NCc3ccccc3)cc2)C1. The quantitative estimate of drug-likeness (QED) is 0.770. The highest BCUT2D eigenvalue weighted by atomic mass is 32.2. The standard InChI is InChI=1S/C22H28N2O3S/c1-16-8-9-17(2)21(14-16)28(26,27)20-12-10-19(11-13-20)24-22(25)23-15-18-6-4-3-5-7-18/h3-7,10-13,16-17,21H,8-9,14-15H2,1-2H3,(H2,23,24,25). The molecule has 5 nitrogen and oxygen atoms in total. The number of sulfone groups is 1. The van der Waals surface area contributed by atoms with Crippen LogP contribution in [0.25, 0.3) is 0 Å². The van der Waals surface area contributed by atoms with Crippen LogP contribution in [0.1, 0.15) is 38.7 Å². The summed E-state index contributed by atoms with van der Waals surface area (Å²) in [5.74, 6) is 0.605. The molecule has 0 saturated heterocycles. The molecule has 3 rings (SSSR count). The second-order valence-electron chi connectivity index (χ2n) is 7.80. The van der Waals surface area contributed by atoms with Crippen molar-refractivity contribution >= 4 is 21.6 Å². The van der Waals surface area contributed by atoms with Crippen molar-refractivity contribution in [2.75, 3.05) is 5.32 Å². The number of carbonyl (C=O) groups excluding carboxylic acids is 1. The number of urea groups is 1. The number of amides is 2. The molecule has 3 unspecified atom stereocenters. The number of nitrogens with one attached hydrogen (secondary N) is 2. The molecule has 150 valence electrons. The smallest absolute Gasteiger partial charge is 0.319 e. The van der Waals surface area contributed by atoms with Crippen LogP contribution in [-0.2, 0) is 16.4 Å². The lowest BCUT2D eigenvalue weighted by Gasteiger charge is -2.32. The van der Waals surface area contributed by atoms with Crippen molar-refractivity contribution in [2.24, 2.45) is 11.8 Å². The first-order valence-electron chi connectivity index (χ1n) is 9.79. The van der Waals surface area contributed by atoms with Crippen molar-refractivity contribution in [3.05, 3.63) is 60.2 Å². The molecule has 1 aliphatic carbocycles. The third-order valence-electron chi connectivity index (χ3n) is 5.52. The molecule has 0 aromatic heterocycles. The minimum Gasteiger partial charge on any atom is -0.334 e. The van der Waals surface area contributed by atoms with E-state index in [-0.39, 0.29) is 17.2 Å². The van der Waals surface area contributed by atoms with Crippen LogP contribution in [0.2, 0.25) is 0 Å². The van der Waals surface area contributed by atoms with E-state index in [2.05, 4.69) is 17.6 Å². The first-order chi connectivity index (χ1) is 13.4. The van der Waals surface area contributed by atoms with Gasteiger partial charge in [-0.3, -0.25) is 0 Å². The van der Waals surface area contributed by atoms with Crippen molar-refractivity contribution in [1.29, 1.82) is 0 Å². The number of hydrogen-bond acceptors (Lipinski definition) is 3. The highest BCUT2D eigenvalue weighted by Crippen LogP contribution is 2.35. The summed E-state index contributed by atoms with van der Waals surface area (Å²) in [6, 6.07) is 15.8. The van der Waals surface area contributed by atoms with Gasteiger partial charge < -0.3 is 10.6 Å². The molecule has 6 heteroatoms. The molecule has 0 radical (unpaired) electrons. The summed E-state index contributed by atoms with van der Waals surface area (Å²) in [6.07, 6.45) is 2.76. The topological polar surface area (TPSA) is 75.3 Å². The first-order valence-corrected chi connectivity index (χ1v) is 11.3. The van der Waals surface area contributed by atoms with E-state index < -0.39 is 9.84 Å². The van der Waals surface area contributed by atoms with E-state index in [9.17, 15) is 13.2 Å². The average molecular weight is 401 g/mol. The van der Waals surface area contributed by atoms with Gasteiger partial charge in [0, 0.05) is 12.2 Å². The Hall–Kier alpha value is -2.34. The van der Waals surface area contributed by atoms with Gasteiger partial charge in [-0.2, -0.15) is 0 Å². The normalized spacial score (nSPS) is 22.4. The van der Waals surface area contributed by atoms with Crippen LogP contribution < -0.4 is 10.6 Å². The maximum atomic E-state index is 13.0. The van der Waals surface area contributed by atoms with Gasteiger partial charge in [0.05, 0.1) is 10.1 Å². The Morgan fingerprint density at radius 3 is 2.36 bits per heavy atom. The molecular weight excluding hydrogens is 372 g/mol. The van der Waals surface area contributed by atoms with Gasteiger partial charge >= 0.3 is 6.03 Å². The van der Waals surface area contributed by atoms with Crippen molar-refractivity contribution in [2.45, 2.75) is 49.8 Å². The Kier molecular flexibility index (Phi) is 6.39.